The number of aliphatic hydroxyl groups is 1. The fourth-order valence-electron chi connectivity index (χ4n) is 0.878. The minimum Gasteiger partial charge on any atom is -0.395 e. The first-order valence-corrected chi connectivity index (χ1v) is 4.51. The molecule has 0 amide bonds. The van der Waals surface area contributed by atoms with Crippen LogP contribution >= 0.6 is 0 Å². The van der Waals surface area contributed by atoms with Gasteiger partial charge in [-0.25, -0.2) is 0 Å². The molecule has 0 aliphatic carbocycles. The molecule has 0 radical (unpaired) electrons. The topological polar surface area (TPSA) is 49.5 Å². The van der Waals surface area contributed by atoms with Gasteiger partial charge in [0, 0.05) is 6.54 Å². The van der Waals surface area contributed by atoms with Crippen molar-refractivity contribution in [2.24, 2.45) is 11.1 Å². The lowest BCUT2D eigenvalue weighted by atomic mass is 9.89. The Morgan fingerprint density at radius 2 is 1.92 bits per heavy atom. The Bertz CT molecular complexity index is 115. The summed E-state index contributed by atoms with van der Waals surface area (Å²) >= 11 is 0. The molecule has 0 aromatic rings. The quantitative estimate of drug-likeness (QED) is 0.608. The molecule has 0 aliphatic heterocycles. The van der Waals surface area contributed by atoms with E-state index in [1.165, 1.54) is 0 Å². The fraction of sp³-hybridized carbons (Fsp3) is 1.00. The van der Waals surface area contributed by atoms with Crippen LogP contribution in [-0.4, -0.2) is 43.3 Å². The molecule has 0 spiro atoms. The van der Waals surface area contributed by atoms with Gasteiger partial charge in [0.2, 0.25) is 0 Å². The molecule has 0 atom stereocenters. The van der Waals surface area contributed by atoms with E-state index in [0.29, 0.717) is 0 Å². The molecule has 0 fully saturated rings. The molecule has 0 unspecified atom stereocenters. The van der Waals surface area contributed by atoms with Crippen molar-refractivity contribution < 1.29 is 5.11 Å². The molecule has 3 heteroatoms. The number of nitrogens with zero attached hydrogens (tertiary/aromatic N) is 1. The largest absolute Gasteiger partial charge is 0.395 e. The first kappa shape index (κ1) is 11.9. The number of rotatable bonds is 6. The third-order valence-corrected chi connectivity index (χ3v) is 2.20. The van der Waals surface area contributed by atoms with Gasteiger partial charge in [0.05, 0.1) is 6.61 Å². The molecule has 3 nitrogen and oxygen atoms in total. The van der Waals surface area contributed by atoms with E-state index < -0.39 is 0 Å². The van der Waals surface area contributed by atoms with Crippen LogP contribution in [0.1, 0.15) is 20.3 Å². The maximum Gasteiger partial charge on any atom is 0.0558 e. The van der Waals surface area contributed by atoms with Crippen LogP contribution in [0.3, 0.4) is 0 Å². The van der Waals surface area contributed by atoms with Gasteiger partial charge in [0.1, 0.15) is 0 Å². The Hall–Kier alpha value is -0.120. The van der Waals surface area contributed by atoms with Crippen molar-refractivity contribution in [2.45, 2.75) is 20.3 Å². The average molecular weight is 174 g/mol. The van der Waals surface area contributed by atoms with E-state index in [9.17, 15) is 0 Å². The summed E-state index contributed by atoms with van der Waals surface area (Å²) in [5, 5.41) is 8.66. The normalized spacial score (nSPS) is 12.5. The van der Waals surface area contributed by atoms with Gasteiger partial charge in [-0.1, -0.05) is 13.8 Å². The highest BCUT2D eigenvalue weighted by atomic mass is 16.3. The zero-order chi connectivity index (χ0) is 9.61. The lowest BCUT2D eigenvalue weighted by molar-refractivity contribution is 0.199. The van der Waals surface area contributed by atoms with Gasteiger partial charge >= 0.3 is 0 Å². The minimum absolute atomic E-state index is 0.226. The number of nitrogens with two attached hydrogens (primary N) is 1. The third kappa shape index (κ3) is 5.52. The predicted molar refractivity (Wildman–Crippen MR) is 52.0 cm³/mol. The van der Waals surface area contributed by atoms with Crippen LogP contribution in [-0.2, 0) is 0 Å². The van der Waals surface area contributed by atoms with Crippen molar-refractivity contribution in [2.75, 3.05) is 33.3 Å². The van der Waals surface area contributed by atoms with Crippen LogP contribution in [0, 0.1) is 5.41 Å². The lowest BCUT2D eigenvalue weighted by Crippen LogP contribution is -2.31. The lowest BCUT2D eigenvalue weighted by Gasteiger charge is -2.25. The monoisotopic (exact) mass is 174 g/mol. The Morgan fingerprint density at radius 3 is 2.33 bits per heavy atom. The van der Waals surface area contributed by atoms with Crippen molar-refractivity contribution in [3.63, 3.8) is 0 Å². The smallest absolute Gasteiger partial charge is 0.0558 e. The highest BCUT2D eigenvalue weighted by Gasteiger charge is 2.15. The summed E-state index contributed by atoms with van der Waals surface area (Å²) in [6, 6.07) is 0. The molecule has 0 aliphatic rings. The SMILES string of the molecule is CN(CCO)CCC(C)(C)CN. The second kappa shape index (κ2) is 5.51. The van der Waals surface area contributed by atoms with Gasteiger partial charge in [0.25, 0.3) is 0 Å². The summed E-state index contributed by atoms with van der Waals surface area (Å²) < 4.78 is 0. The average Bonchev–Trinajstić information content (AvgIpc) is 2.02. The molecule has 74 valence electrons. The Morgan fingerprint density at radius 1 is 1.33 bits per heavy atom. The number of likely N-dealkylation sites (N-methyl/N-ethyl adjacent to an activating group) is 1. The van der Waals surface area contributed by atoms with Crippen LogP contribution in [0.5, 0.6) is 0 Å². The molecule has 0 saturated carbocycles. The van der Waals surface area contributed by atoms with Gasteiger partial charge in [-0.3, -0.25) is 0 Å². The maximum absolute atomic E-state index is 8.66. The molecule has 0 aromatic heterocycles. The zero-order valence-corrected chi connectivity index (χ0v) is 8.51. The summed E-state index contributed by atoms with van der Waals surface area (Å²) in [7, 11) is 2.02. The highest BCUT2D eigenvalue weighted by Crippen LogP contribution is 2.17. The molecule has 0 rings (SSSR count). The van der Waals surface area contributed by atoms with E-state index in [0.717, 1.165) is 26.1 Å². The standard InChI is InChI=1S/C9H22N2O/c1-9(2,8-10)4-5-11(3)6-7-12/h12H,4-8,10H2,1-3H3. The van der Waals surface area contributed by atoms with Crippen LogP contribution in [0.2, 0.25) is 0 Å². The first-order chi connectivity index (χ1) is 5.52. The van der Waals surface area contributed by atoms with Gasteiger partial charge in [-0.15, -0.1) is 0 Å². The van der Waals surface area contributed by atoms with Crippen LogP contribution in [0.4, 0.5) is 0 Å². The van der Waals surface area contributed by atoms with E-state index in [4.69, 9.17) is 10.8 Å². The third-order valence-electron chi connectivity index (χ3n) is 2.20. The van der Waals surface area contributed by atoms with Crippen molar-refractivity contribution in [1.29, 1.82) is 0 Å². The summed E-state index contributed by atoms with van der Waals surface area (Å²) in [6.07, 6.45) is 1.08. The molecular weight excluding hydrogens is 152 g/mol. The molecule has 0 heterocycles. The Kier molecular flexibility index (Phi) is 5.46. The second-order valence-corrected chi connectivity index (χ2v) is 4.15. The van der Waals surface area contributed by atoms with Gasteiger partial charge < -0.3 is 15.7 Å². The Labute approximate surface area is 75.6 Å². The zero-order valence-electron chi connectivity index (χ0n) is 8.51. The number of hydrogen-bond donors (Lipinski definition) is 2. The van der Waals surface area contributed by atoms with Gasteiger partial charge in [-0.05, 0) is 32.0 Å². The Balaban J connectivity index is 3.52. The summed E-state index contributed by atoms with van der Waals surface area (Å²) in [4.78, 5) is 2.12. The second-order valence-electron chi connectivity index (χ2n) is 4.15. The molecule has 0 aromatic carbocycles. The van der Waals surface area contributed by atoms with E-state index in [1.54, 1.807) is 0 Å². The van der Waals surface area contributed by atoms with Gasteiger partial charge in [0.15, 0.2) is 0 Å². The van der Waals surface area contributed by atoms with Crippen LogP contribution in [0.15, 0.2) is 0 Å². The van der Waals surface area contributed by atoms with E-state index in [2.05, 4.69) is 18.7 Å². The molecule has 3 N–H and O–H groups in total. The molecule has 0 saturated heterocycles. The summed E-state index contributed by atoms with van der Waals surface area (Å²) in [5.74, 6) is 0. The summed E-state index contributed by atoms with van der Waals surface area (Å²) in [5.41, 5.74) is 5.82. The van der Waals surface area contributed by atoms with Gasteiger partial charge in [-0.2, -0.15) is 0 Å². The van der Waals surface area contributed by atoms with Crippen molar-refractivity contribution in [3.8, 4) is 0 Å². The molecule has 0 bridgehead atoms. The van der Waals surface area contributed by atoms with Crippen LogP contribution in [0.25, 0.3) is 0 Å². The number of aliphatic hydroxyl groups excluding tert-OH is 1. The highest BCUT2D eigenvalue weighted by molar-refractivity contribution is 4.70. The van der Waals surface area contributed by atoms with E-state index >= 15 is 0 Å². The molecular formula is C9H22N2O. The fourth-order valence-corrected chi connectivity index (χ4v) is 0.878. The maximum atomic E-state index is 8.66. The van der Waals surface area contributed by atoms with Crippen molar-refractivity contribution in [1.82, 2.24) is 4.90 Å². The minimum atomic E-state index is 0.226. The van der Waals surface area contributed by atoms with Crippen LogP contribution < -0.4 is 5.73 Å². The molecule has 12 heavy (non-hydrogen) atoms. The summed E-state index contributed by atoms with van der Waals surface area (Å²) in [6.45, 7) is 7.05. The van der Waals surface area contributed by atoms with E-state index in [-0.39, 0.29) is 12.0 Å². The predicted octanol–water partition coefficient (Wildman–Crippen LogP) is 0.285. The number of hydrogen-bond acceptors (Lipinski definition) is 3. The van der Waals surface area contributed by atoms with E-state index in [1.807, 2.05) is 7.05 Å². The van der Waals surface area contributed by atoms with Crippen molar-refractivity contribution >= 4 is 0 Å². The first-order valence-electron chi connectivity index (χ1n) is 4.51. The van der Waals surface area contributed by atoms with Crippen molar-refractivity contribution in [3.05, 3.63) is 0 Å².